The Bertz CT molecular complexity index is 774. The van der Waals surface area contributed by atoms with E-state index in [-0.39, 0.29) is 23.7 Å². The molecule has 0 spiro atoms. The predicted octanol–water partition coefficient (Wildman–Crippen LogP) is 4.70. The van der Waals surface area contributed by atoms with Crippen LogP contribution in [0.1, 0.15) is 75.2 Å². The van der Waals surface area contributed by atoms with Crippen LogP contribution in [0, 0.1) is 11.8 Å². The highest BCUT2D eigenvalue weighted by molar-refractivity contribution is 5.91. The van der Waals surface area contributed by atoms with E-state index in [1.807, 2.05) is 20.8 Å². The van der Waals surface area contributed by atoms with Crippen LogP contribution < -0.4 is 0 Å². The SMILES string of the molecule is CC(C)(C)OC(=O)N1CC[C@@H](C2CCCCC2)[C@H]1C(=O)Cc1ccc(C(=O)O)cc1. The summed E-state index contributed by atoms with van der Waals surface area (Å²) in [4.78, 5) is 39.0. The summed E-state index contributed by atoms with van der Waals surface area (Å²) in [5.74, 6) is -0.340. The standard InChI is InChI=1S/C24H33NO5/c1-24(2,3)30-23(29)25-14-13-19(17-7-5-4-6-8-17)21(25)20(26)15-16-9-11-18(12-10-16)22(27)28/h9-12,17,19,21H,4-8,13-15H2,1-3H3,(H,27,28)/t19-,21-/m0/s1. The summed E-state index contributed by atoms with van der Waals surface area (Å²) in [6.07, 6.45) is 6.45. The number of carboxylic acids is 1. The third kappa shape index (κ3) is 5.41. The smallest absolute Gasteiger partial charge is 0.410 e. The molecule has 1 aromatic carbocycles. The Labute approximate surface area is 178 Å². The molecule has 1 saturated heterocycles. The summed E-state index contributed by atoms with van der Waals surface area (Å²) in [5.41, 5.74) is 0.353. The van der Waals surface area contributed by atoms with Gasteiger partial charge in [-0.3, -0.25) is 9.69 Å². The molecule has 0 unspecified atom stereocenters. The van der Waals surface area contributed by atoms with E-state index in [1.165, 1.54) is 31.4 Å². The molecule has 2 aliphatic rings. The van der Waals surface area contributed by atoms with E-state index >= 15 is 0 Å². The van der Waals surface area contributed by atoms with Crippen molar-refractivity contribution in [3.8, 4) is 0 Å². The number of nitrogens with zero attached hydrogens (tertiary/aromatic N) is 1. The zero-order valence-corrected chi connectivity index (χ0v) is 18.2. The molecule has 30 heavy (non-hydrogen) atoms. The minimum absolute atomic E-state index is 0.0111. The Morgan fingerprint density at radius 1 is 1.03 bits per heavy atom. The summed E-state index contributed by atoms with van der Waals surface area (Å²) < 4.78 is 5.60. The lowest BCUT2D eigenvalue weighted by Gasteiger charge is -2.34. The number of hydrogen-bond donors (Lipinski definition) is 1. The molecular formula is C24H33NO5. The molecule has 0 aromatic heterocycles. The minimum Gasteiger partial charge on any atom is -0.478 e. The van der Waals surface area contributed by atoms with Crippen LogP contribution in [-0.2, 0) is 16.0 Å². The van der Waals surface area contributed by atoms with Crippen molar-refractivity contribution >= 4 is 17.8 Å². The van der Waals surface area contributed by atoms with Crippen molar-refractivity contribution in [2.24, 2.45) is 11.8 Å². The van der Waals surface area contributed by atoms with Crippen LogP contribution in [0.4, 0.5) is 4.79 Å². The van der Waals surface area contributed by atoms with Gasteiger partial charge in [0, 0.05) is 13.0 Å². The molecule has 1 aliphatic heterocycles. The average molecular weight is 416 g/mol. The van der Waals surface area contributed by atoms with E-state index in [0.29, 0.717) is 12.5 Å². The van der Waals surface area contributed by atoms with Gasteiger partial charge in [-0.1, -0.05) is 44.2 Å². The van der Waals surface area contributed by atoms with Gasteiger partial charge in [-0.05, 0) is 56.7 Å². The Morgan fingerprint density at radius 3 is 2.23 bits per heavy atom. The topological polar surface area (TPSA) is 83.9 Å². The minimum atomic E-state index is -0.989. The molecule has 6 heteroatoms. The first-order chi connectivity index (χ1) is 14.2. The summed E-state index contributed by atoms with van der Waals surface area (Å²) in [6.45, 7) is 6.05. The molecular weight excluding hydrogens is 382 g/mol. The Balaban J connectivity index is 1.79. The van der Waals surface area contributed by atoms with E-state index < -0.39 is 23.7 Å². The molecule has 2 atom stereocenters. The number of carbonyl (C=O) groups excluding carboxylic acids is 2. The quantitative estimate of drug-likeness (QED) is 0.753. The fourth-order valence-electron chi connectivity index (χ4n) is 4.88. The Morgan fingerprint density at radius 2 is 1.67 bits per heavy atom. The number of ketones is 1. The van der Waals surface area contributed by atoms with Crippen LogP contribution >= 0.6 is 0 Å². The van der Waals surface area contributed by atoms with Gasteiger partial charge < -0.3 is 9.84 Å². The van der Waals surface area contributed by atoms with Gasteiger partial charge in [0.25, 0.3) is 0 Å². The van der Waals surface area contributed by atoms with Gasteiger partial charge in [0.1, 0.15) is 5.60 Å². The zero-order chi connectivity index (χ0) is 21.9. The predicted molar refractivity (Wildman–Crippen MR) is 114 cm³/mol. The number of amides is 1. The van der Waals surface area contributed by atoms with Crippen LogP contribution in [0.2, 0.25) is 0 Å². The molecule has 2 fully saturated rings. The number of carbonyl (C=O) groups is 3. The van der Waals surface area contributed by atoms with Gasteiger partial charge in [0.2, 0.25) is 0 Å². The van der Waals surface area contributed by atoms with Gasteiger partial charge in [-0.2, -0.15) is 0 Å². The first kappa shape index (κ1) is 22.3. The number of Topliss-reactive ketones (excluding diaryl/α,β-unsaturated/α-hetero) is 1. The number of likely N-dealkylation sites (tertiary alicyclic amines) is 1. The number of carboxylic acid groups (broad SMARTS) is 1. The number of hydrogen-bond acceptors (Lipinski definition) is 4. The fourth-order valence-corrected chi connectivity index (χ4v) is 4.88. The van der Waals surface area contributed by atoms with Crippen LogP contribution in [0.3, 0.4) is 0 Å². The Hall–Kier alpha value is -2.37. The number of benzene rings is 1. The molecule has 6 nitrogen and oxygen atoms in total. The summed E-state index contributed by atoms with van der Waals surface area (Å²) in [7, 11) is 0. The van der Waals surface area contributed by atoms with Gasteiger partial charge in [0.05, 0.1) is 11.6 Å². The van der Waals surface area contributed by atoms with Crippen LogP contribution in [-0.4, -0.2) is 46.0 Å². The van der Waals surface area contributed by atoms with Crippen LogP contribution in [0.15, 0.2) is 24.3 Å². The molecule has 0 bridgehead atoms. The summed E-state index contributed by atoms with van der Waals surface area (Å²) in [5, 5.41) is 9.07. The van der Waals surface area contributed by atoms with Crippen LogP contribution in [0.5, 0.6) is 0 Å². The van der Waals surface area contributed by atoms with E-state index in [4.69, 9.17) is 9.84 Å². The van der Waals surface area contributed by atoms with Crippen molar-refractivity contribution in [1.29, 1.82) is 0 Å². The average Bonchev–Trinajstić information content (AvgIpc) is 3.13. The molecule has 3 rings (SSSR count). The van der Waals surface area contributed by atoms with E-state index in [2.05, 4.69) is 0 Å². The number of rotatable bonds is 5. The molecule has 1 aromatic rings. The number of aromatic carboxylic acids is 1. The van der Waals surface area contributed by atoms with Crippen molar-refractivity contribution in [2.45, 2.75) is 77.4 Å². The molecule has 1 amide bonds. The van der Waals surface area contributed by atoms with Crippen molar-refractivity contribution in [3.05, 3.63) is 35.4 Å². The van der Waals surface area contributed by atoms with Crippen molar-refractivity contribution in [2.75, 3.05) is 6.54 Å². The zero-order valence-electron chi connectivity index (χ0n) is 18.2. The highest BCUT2D eigenvalue weighted by Crippen LogP contribution is 2.40. The van der Waals surface area contributed by atoms with Crippen molar-refractivity contribution in [3.63, 3.8) is 0 Å². The molecule has 1 saturated carbocycles. The highest BCUT2D eigenvalue weighted by Gasteiger charge is 2.46. The lowest BCUT2D eigenvalue weighted by molar-refractivity contribution is -0.124. The molecule has 0 radical (unpaired) electrons. The highest BCUT2D eigenvalue weighted by atomic mass is 16.6. The van der Waals surface area contributed by atoms with Gasteiger partial charge in [-0.25, -0.2) is 9.59 Å². The maximum absolute atomic E-state index is 13.4. The van der Waals surface area contributed by atoms with E-state index in [1.54, 1.807) is 17.0 Å². The second-order valence-corrected chi connectivity index (χ2v) is 9.61. The second-order valence-electron chi connectivity index (χ2n) is 9.61. The lowest BCUT2D eigenvalue weighted by Crippen LogP contribution is -2.47. The third-order valence-electron chi connectivity index (χ3n) is 6.24. The molecule has 1 heterocycles. The maximum atomic E-state index is 13.4. The maximum Gasteiger partial charge on any atom is 0.410 e. The first-order valence-corrected chi connectivity index (χ1v) is 11.0. The van der Waals surface area contributed by atoms with Gasteiger partial charge in [0.15, 0.2) is 5.78 Å². The fraction of sp³-hybridized carbons (Fsp3) is 0.625. The van der Waals surface area contributed by atoms with Crippen molar-refractivity contribution in [1.82, 2.24) is 4.90 Å². The largest absolute Gasteiger partial charge is 0.478 e. The second kappa shape index (κ2) is 9.19. The molecule has 1 N–H and O–H groups in total. The lowest BCUT2D eigenvalue weighted by atomic mass is 9.75. The van der Waals surface area contributed by atoms with E-state index in [0.717, 1.165) is 24.8 Å². The van der Waals surface area contributed by atoms with Gasteiger partial charge >= 0.3 is 12.1 Å². The summed E-state index contributed by atoms with van der Waals surface area (Å²) in [6, 6.07) is 5.93. The normalized spacial score (nSPS) is 22.7. The monoisotopic (exact) mass is 415 g/mol. The molecule has 164 valence electrons. The Kier molecular flexibility index (Phi) is 6.84. The van der Waals surface area contributed by atoms with Crippen molar-refractivity contribution < 1.29 is 24.2 Å². The van der Waals surface area contributed by atoms with Crippen LogP contribution in [0.25, 0.3) is 0 Å². The third-order valence-corrected chi connectivity index (χ3v) is 6.24. The first-order valence-electron chi connectivity index (χ1n) is 11.0. The molecule has 1 aliphatic carbocycles. The summed E-state index contributed by atoms with van der Waals surface area (Å²) >= 11 is 0. The number of ether oxygens (including phenoxy) is 1. The van der Waals surface area contributed by atoms with Gasteiger partial charge in [-0.15, -0.1) is 0 Å². The van der Waals surface area contributed by atoms with E-state index in [9.17, 15) is 14.4 Å².